The number of nitrogens with zero attached hydrogens (tertiary/aromatic N) is 2. The number of benzene rings is 1. The van der Waals surface area contributed by atoms with E-state index in [1.807, 2.05) is 0 Å². The largest absolute Gasteiger partial charge is 0.325 e. The second-order valence-corrected chi connectivity index (χ2v) is 6.90. The average Bonchev–Trinajstić information content (AvgIpc) is 2.84. The minimum absolute atomic E-state index is 0.596. The molecular formula is C17H22BrN3. The van der Waals surface area contributed by atoms with Crippen molar-refractivity contribution in [2.75, 3.05) is 5.32 Å². The molecule has 0 radical (unpaired) electrons. The number of imidazole rings is 1. The van der Waals surface area contributed by atoms with E-state index in [2.05, 4.69) is 69.0 Å². The Morgan fingerprint density at radius 1 is 1.19 bits per heavy atom. The van der Waals surface area contributed by atoms with Crippen LogP contribution in [0, 0.1) is 13.8 Å². The van der Waals surface area contributed by atoms with Gasteiger partial charge in [-0.25, -0.2) is 4.98 Å². The third-order valence-electron chi connectivity index (χ3n) is 4.26. The van der Waals surface area contributed by atoms with E-state index in [1.54, 1.807) is 0 Å². The van der Waals surface area contributed by atoms with Crippen LogP contribution in [0.5, 0.6) is 0 Å². The third-order valence-corrected chi connectivity index (χ3v) is 4.75. The van der Waals surface area contributed by atoms with Crippen LogP contribution in [-0.4, -0.2) is 9.55 Å². The molecule has 1 aliphatic carbocycles. The van der Waals surface area contributed by atoms with Gasteiger partial charge in [0.05, 0.1) is 5.69 Å². The molecule has 3 nitrogen and oxygen atoms in total. The van der Waals surface area contributed by atoms with Gasteiger partial charge in [-0.1, -0.05) is 35.2 Å². The number of hydrogen-bond acceptors (Lipinski definition) is 2. The van der Waals surface area contributed by atoms with Gasteiger partial charge in [0.1, 0.15) is 0 Å². The van der Waals surface area contributed by atoms with Crippen LogP contribution in [0.4, 0.5) is 11.6 Å². The number of halogens is 1. The second kappa shape index (κ2) is 6.22. The summed E-state index contributed by atoms with van der Waals surface area (Å²) in [6, 6.07) is 6.89. The molecule has 1 heterocycles. The molecule has 0 atom stereocenters. The van der Waals surface area contributed by atoms with Gasteiger partial charge in [-0.05, 0) is 50.5 Å². The Bertz CT molecular complexity index is 627. The number of aromatic nitrogens is 2. The zero-order valence-electron chi connectivity index (χ0n) is 12.7. The average molecular weight is 348 g/mol. The molecule has 2 aromatic rings. The van der Waals surface area contributed by atoms with Crippen LogP contribution in [0.2, 0.25) is 0 Å². The van der Waals surface area contributed by atoms with Crippen LogP contribution in [0.1, 0.15) is 49.4 Å². The van der Waals surface area contributed by atoms with E-state index in [4.69, 9.17) is 0 Å². The molecule has 1 saturated carbocycles. The van der Waals surface area contributed by atoms with Crippen molar-refractivity contribution in [1.82, 2.24) is 9.55 Å². The third kappa shape index (κ3) is 3.31. The van der Waals surface area contributed by atoms with Crippen LogP contribution < -0.4 is 5.32 Å². The standard InChI is InChI=1S/C17H22BrN3/c1-12-10-14(18)8-9-16(12)20-17-19-13(2)11-21(17)15-6-4-3-5-7-15/h8-11,15H,3-7H2,1-2H3,(H,19,20). The zero-order valence-corrected chi connectivity index (χ0v) is 14.3. The van der Waals surface area contributed by atoms with Crippen LogP contribution in [-0.2, 0) is 0 Å². The fourth-order valence-electron chi connectivity index (χ4n) is 3.13. The predicted molar refractivity (Wildman–Crippen MR) is 91.2 cm³/mol. The topological polar surface area (TPSA) is 29.9 Å². The lowest BCUT2D eigenvalue weighted by Crippen LogP contribution is -2.14. The van der Waals surface area contributed by atoms with Crippen molar-refractivity contribution in [1.29, 1.82) is 0 Å². The molecule has 1 aromatic heterocycles. The summed E-state index contributed by atoms with van der Waals surface area (Å²) < 4.78 is 3.45. The molecule has 0 unspecified atom stereocenters. The van der Waals surface area contributed by atoms with E-state index in [0.717, 1.165) is 21.8 Å². The van der Waals surface area contributed by atoms with Gasteiger partial charge in [-0.2, -0.15) is 0 Å². The van der Waals surface area contributed by atoms with E-state index in [-0.39, 0.29) is 0 Å². The molecule has 1 fully saturated rings. The van der Waals surface area contributed by atoms with Crippen molar-refractivity contribution in [2.24, 2.45) is 0 Å². The minimum atomic E-state index is 0.596. The molecule has 1 aliphatic rings. The van der Waals surface area contributed by atoms with E-state index in [1.165, 1.54) is 37.7 Å². The maximum Gasteiger partial charge on any atom is 0.207 e. The quantitative estimate of drug-likeness (QED) is 0.792. The molecule has 0 bridgehead atoms. The van der Waals surface area contributed by atoms with Gasteiger partial charge >= 0.3 is 0 Å². The first-order valence-corrected chi connectivity index (χ1v) is 8.51. The maximum absolute atomic E-state index is 4.68. The summed E-state index contributed by atoms with van der Waals surface area (Å²) in [5.41, 5.74) is 3.43. The molecule has 0 amide bonds. The fraction of sp³-hybridized carbons (Fsp3) is 0.471. The molecule has 21 heavy (non-hydrogen) atoms. The van der Waals surface area contributed by atoms with E-state index < -0.39 is 0 Å². The lowest BCUT2D eigenvalue weighted by molar-refractivity contribution is 0.356. The number of hydrogen-bond donors (Lipinski definition) is 1. The van der Waals surface area contributed by atoms with Crippen LogP contribution >= 0.6 is 15.9 Å². The summed E-state index contributed by atoms with van der Waals surface area (Å²) in [7, 11) is 0. The summed E-state index contributed by atoms with van der Waals surface area (Å²) in [4.78, 5) is 4.68. The highest BCUT2D eigenvalue weighted by molar-refractivity contribution is 9.10. The van der Waals surface area contributed by atoms with Gasteiger partial charge in [-0.3, -0.25) is 0 Å². The molecule has 0 spiro atoms. The highest BCUT2D eigenvalue weighted by Gasteiger charge is 2.19. The molecule has 1 aromatic carbocycles. The number of anilines is 2. The van der Waals surface area contributed by atoms with Crippen molar-refractivity contribution in [3.63, 3.8) is 0 Å². The number of aryl methyl sites for hydroxylation is 2. The normalized spacial score (nSPS) is 16.1. The molecule has 112 valence electrons. The second-order valence-electron chi connectivity index (χ2n) is 5.99. The van der Waals surface area contributed by atoms with Gasteiger partial charge in [0.15, 0.2) is 0 Å². The maximum atomic E-state index is 4.68. The minimum Gasteiger partial charge on any atom is -0.325 e. The summed E-state index contributed by atoms with van der Waals surface area (Å²) in [5.74, 6) is 0.977. The summed E-state index contributed by atoms with van der Waals surface area (Å²) in [6.45, 7) is 4.19. The van der Waals surface area contributed by atoms with Gasteiger partial charge in [0.25, 0.3) is 0 Å². The monoisotopic (exact) mass is 347 g/mol. The lowest BCUT2D eigenvalue weighted by Gasteiger charge is -2.25. The van der Waals surface area contributed by atoms with Gasteiger partial charge < -0.3 is 9.88 Å². The highest BCUT2D eigenvalue weighted by Crippen LogP contribution is 2.32. The summed E-state index contributed by atoms with van der Waals surface area (Å²) in [6.07, 6.45) is 8.76. The van der Waals surface area contributed by atoms with Gasteiger partial charge in [-0.15, -0.1) is 0 Å². The molecule has 3 rings (SSSR count). The van der Waals surface area contributed by atoms with Crippen LogP contribution in [0.3, 0.4) is 0 Å². The Kier molecular flexibility index (Phi) is 4.34. The fourth-order valence-corrected chi connectivity index (χ4v) is 3.61. The number of rotatable bonds is 3. The molecule has 0 saturated heterocycles. The van der Waals surface area contributed by atoms with E-state index in [0.29, 0.717) is 6.04 Å². The number of nitrogens with one attached hydrogen (secondary N) is 1. The molecule has 1 N–H and O–H groups in total. The van der Waals surface area contributed by atoms with Crippen molar-refractivity contribution in [2.45, 2.75) is 52.0 Å². The van der Waals surface area contributed by atoms with Crippen LogP contribution in [0.15, 0.2) is 28.9 Å². The SMILES string of the molecule is Cc1cn(C2CCCCC2)c(Nc2ccc(Br)cc2C)n1. The van der Waals surface area contributed by atoms with E-state index in [9.17, 15) is 0 Å². The highest BCUT2D eigenvalue weighted by atomic mass is 79.9. The lowest BCUT2D eigenvalue weighted by atomic mass is 9.95. The molecule has 4 heteroatoms. The molecular weight excluding hydrogens is 326 g/mol. The Morgan fingerprint density at radius 2 is 1.95 bits per heavy atom. The van der Waals surface area contributed by atoms with Crippen molar-refractivity contribution in [3.05, 3.63) is 40.1 Å². The van der Waals surface area contributed by atoms with Gasteiger partial charge in [0, 0.05) is 22.4 Å². The summed E-state index contributed by atoms with van der Waals surface area (Å²) >= 11 is 3.51. The Balaban J connectivity index is 1.87. The Labute approximate surface area is 134 Å². The predicted octanol–water partition coefficient (Wildman–Crippen LogP) is 5.51. The van der Waals surface area contributed by atoms with Crippen molar-refractivity contribution >= 4 is 27.6 Å². The Hall–Kier alpha value is -1.29. The Morgan fingerprint density at radius 3 is 2.67 bits per heavy atom. The van der Waals surface area contributed by atoms with Gasteiger partial charge in [0.2, 0.25) is 5.95 Å². The first-order valence-electron chi connectivity index (χ1n) is 7.72. The van der Waals surface area contributed by atoms with Crippen molar-refractivity contribution in [3.8, 4) is 0 Å². The van der Waals surface area contributed by atoms with Crippen molar-refractivity contribution < 1.29 is 0 Å². The first kappa shape index (κ1) is 14.6. The smallest absolute Gasteiger partial charge is 0.207 e. The summed E-state index contributed by atoms with van der Waals surface area (Å²) in [5, 5.41) is 3.52. The van der Waals surface area contributed by atoms with Crippen LogP contribution in [0.25, 0.3) is 0 Å². The first-order chi connectivity index (χ1) is 10.1. The molecule has 0 aliphatic heterocycles. The van der Waals surface area contributed by atoms with E-state index >= 15 is 0 Å². The zero-order chi connectivity index (χ0) is 14.8.